The molecule has 2 aliphatic carbocycles. The average molecular weight is 289 g/mol. The second-order valence-corrected chi connectivity index (χ2v) is 6.19. The fourth-order valence-electron chi connectivity index (χ4n) is 3.39. The number of ether oxygens (including phenoxy) is 1. The third-order valence-corrected chi connectivity index (χ3v) is 4.66. The van der Waals surface area contributed by atoms with Crippen molar-refractivity contribution in [2.75, 3.05) is 12.4 Å². The Bertz CT molecular complexity index is 496. The highest BCUT2D eigenvalue weighted by Gasteiger charge is 2.37. The van der Waals surface area contributed by atoms with Crippen LogP contribution in [0.3, 0.4) is 0 Å². The Hall–Kier alpha value is -1.65. The van der Waals surface area contributed by atoms with Crippen LogP contribution in [0.5, 0.6) is 0 Å². The molecule has 1 unspecified atom stereocenters. The van der Waals surface area contributed by atoms with Crippen LogP contribution < -0.4 is 5.32 Å². The summed E-state index contributed by atoms with van der Waals surface area (Å²) in [6, 6.07) is 2.19. The largest absolute Gasteiger partial charge is 0.464 e. The van der Waals surface area contributed by atoms with Gasteiger partial charge in [0.15, 0.2) is 5.69 Å². The number of nitrogens with one attached hydrogen (secondary N) is 1. The monoisotopic (exact) mass is 289 g/mol. The number of nitrogens with zero attached hydrogens (tertiary/aromatic N) is 2. The van der Waals surface area contributed by atoms with E-state index in [0.717, 1.165) is 17.7 Å². The molecule has 1 aromatic rings. The van der Waals surface area contributed by atoms with Crippen LogP contribution in [-0.4, -0.2) is 29.1 Å². The number of aromatic nitrogens is 2. The molecular formula is C16H23N3O2. The SMILES string of the molecule is COC(=O)c1cc(NC(C2CCCCC2)C2CC2)ncn1. The van der Waals surface area contributed by atoms with E-state index in [2.05, 4.69) is 15.3 Å². The molecule has 1 N–H and O–H groups in total. The van der Waals surface area contributed by atoms with Gasteiger partial charge in [0.2, 0.25) is 0 Å². The molecule has 1 atom stereocenters. The molecule has 0 radical (unpaired) electrons. The third kappa shape index (κ3) is 3.52. The van der Waals surface area contributed by atoms with Gasteiger partial charge in [-0.1, -0.05) is 19.3 Å². The lowest BCUT2D eigenvalue weighted by molar-refractivity contribution is 0.0594. The van der Waals surface area contributed by atoms with E-state index in [9.17, 15) is 4.79 Å². The number of anilines is 1. The molecule has 2 saturated carbocycles. The third-order valence-electron chi connectivity index (χ3n) is 4.66. The van der Waals surface area contributed by atoms with Crippen LogP contribution in [0.1, 0.15) is 55.4 Å². The van der Waals surface area contributed by atoms with Crippen LogP contribution in [0.25, 0.3) is 0 Å². The maximum atomic E-state index is 11.6. The van der Waals surface area contributed by atoms with Crippen molar-refractivity contribution in [3.05, 3.63) is 18.1 Å². The van der Waals surface area contributed by atoms with Gasteiger partial charge in [-0.2, -0.15) is 0 Å². The van der Waals surface area contributed by atoms with E-state index in [1.54, 1.807) is 6.07 Å². The number of hydrogen-bond acceptors (Lipinski definition) is 5. The Labute approximate surface area is 125 Å². The molecule has 0 spiro atoms. The van der Waals surface area contributed by atoms with E-state index >= 15 is 0 Å². The smallest absolute Gasteiger partial charge is 0.356 e. The van der Waals surface area contributed by atoms with Crippen molar-refractivity contribution in [2.24, 2.45) is 11.8 Å². The van der Waals surface area contributed by atoms with E-state index in [1.807, 2.05) is 0 Å². The second kappa shape index (κ2) is 6.41. The number of esters is 1. The van der Waals surface area contributed by atoms with E-state index in [0.29, 0.717) is 11.7 Å². The summed E-state index contributed by atoms with van der Waals surface area (Å²) in [5.74, 6) is 1.83. The van der Waals surface area contributed by atoms with Crippen LogP contribution in [0, 0.1) is 11.8 Å². The zero-order valence-electron chi connectivity index (χ0n) is 12.5. The molecule has 5 nitrogen and oxygen atoms in total. The summed E-state index contributed by atoms with van der Waals surface area (Å²) in [6.45, 7) is 0. The molecule has 2 aliphatic rings. The molecule has 2 fully saturated rings. The lowest BCUT2D eigenvalue weighted by atomic mass is 9.82. The molecule has 0 amide bonds. The minimum atomic E-state index is -0.416. The molecule has 3 rings (SSSR count). The number of methoxy groups -OCH3 is 1. The van der Waals surface area contributed by atoms with Crippen molar-refractivity contribution in [3.63, 3.8) is 0 Å². The van der Waals surface area contributed by atoms with Gasteiger partial charge < -0.3 is 10.1 Å². The van der Waals surface area contributed by atoms with Gasteiger partial charge in [-0.3, -0.25) is 0 Å². The number of rotatable bonds is 5. The summed E-state index contributed by atoms with van der Waals surface area (Å²) in [7, 11) is 1.37. The first kappa shape index (κ1) is 14.3. The van der Waals surface area contributed by atoms with Crippen molar-refractivity contribution in [1.29, 1.82) is 0 Å². The minimum absolute atomic E-state index is 0.313. The highest BCUT2D eigenvalue weighted by Crippen LogP contribution is 2.41. The van der Waals surface area contributed by atoms with Gasteiger partial charge in [0.1, 0.15) is 12.1 Å². The van der Waals surface area contributed by atoms with E-state index < -0.39 is 5.97 Å². The number of carbonyl (C=O) groups is 1. The van der Waals surface area contributed by atoms with Gasteiger partial charge in [0.05, 0.1) is 7.11 Å². The molecule has 114 valence electrons. The maximum Gasteiger partial charge on any atom is 0.356 e. The first-order chi connectivity index (χ1) is 10.3. The molecule has 1 aromatic heterocycles. The van der Waals surface area contributed by atoms with Crippen LogP contribution in [-0.2, 0) is 4.74 Å². The lowest BCUT2D eigenvalue weighted by Crippen LogP contribution is -2.33. The summed E-state index contributed by atoms with van der Waals surface area (Å²) in [5, 5.41) is 3.57. The average Bonchev–Trinajstić information content (AvgIpc) is 3.38. The summed E-state index contributed by atoms with van der Waals surface area (Å²) < 4.78 is 4.72. The number of carbonyl (C=O) groups excluding carboxylic acids is 1. The van der Waals surface area contributed by atoms with E-state index in [4.69, 9.17) is 4.74 Å². The van der Waals surface area contributed by atoms with Crippen LogP contribution in [0.4, 0.5) is 5.82 Å². The molecule has 5 heteroatoms. The summed E-state index contributed by atoms with van der Waals surface area (Å²) in [5.41, 5.74) is 0.313. The molecule has 0 saturated heterocycles. The van der Waals surface area contributed by atoms with Crippen LogP contribution >= 0.6 is 0 Å². The Morgan fingerprint density at radius 1 is 1.19 bits per heavy atom. The van der Waals surface area contributed by atoms with Crippen LogP contribution in [0.2, 0.25) is 0 Å². The van der Waals surface area contributed by atoms with Crippen LogP contribution in [0.15, 0.2) is 12.4 Å². The van der Waals surface area contributed by atoms with E-state index in [1.165, 1.54) is 58.4 Å². The molecule has 1 heterocycles. The van der Waals surface area contributed by atoms with Crippen molar-refractivity contribution in [1.82, 2.24) is 9.97 Å². The van der Waals surface area contributed by atoms with Crippen molar-refractivity contribution >= 4 is 11.8 Å². The van der Waals surface area contributed by atoms with Gasteiger partial charge in [0, 0.05) is 12.1 Å². The van der Waals surface area contributed by atoms with Crippen molar-refractivity contribution in [3.8, 4) is 0 Å². The first-order valence-corrected chi connectivity index (χ1v) is 7.95. The Balaban J connectivity index is 1.71. The summed E-state index contributed by atoms with van der Waals surface area (Å²) >= 11 is 0. The predicted octanol–water partition coefficient (Wildman–Crippen LogP) is 3.03. The maximum absolute atomic E-state index is 11.6. The Morgan fingerprint density at radius 2 is 1.90 bits per heavy atom. The first-order valence-electron chi connectivity index (χ1n) is 7.95. The zero-order chi connectivity index (χ0) is 14.7. The zero-order valence-corrected chi connectivity index (χ0v) is 12.5. The van der Waals surface area contributed by atoms with Gasteiger partial charge in [0.25, 0.3) is 0 Å². The van der Waals surface area contributed by atoms with E-state index in [-0.39, 0.29) is 0 Å². The normalized spacial score (nSPS) is 20.8. The highest BCUT2D eigenvalue weighted by atomic mass is 16.5. The molecule has 0 aliphatic heterocycles. The summed E-state index contributed by atoms with van der Waals surface area (Å²) in [6.07, 6.45) is 10.7. The van der Waals surface area contributed by atoms with Gasteiger partial charge in [-0.05, 0) is 37.5 Å². The minimum Gasteiger partial charge on any atom is -0.464 e. The molecule has 0 aromatic carbocycles. The molecular weight excluding hydrogens is 266 g/mol. The lowest BCUT2D eigenvalue weighted by Gasteiger charge is -2.31. The topological polar surface area (TPSA) is 64.1 Å². The Kier molecular flexibility index (Phi) is 4.36. The quantitative estimate of drug-likeness (QED) is 0.844. The van der Waals surface area contributed by atoms with Crippen molar-refractivity contribution in [2.45, 2.75) is 51.0 Å². The van der Waals surface area contributed by atoms with Gasteiger partial charge >= 0.3 is 5.97 Å². The second-order valence-electron chi connectivity index (χ2n) is 6.19. The fourth-order valence-corrected chi connectivity index (χ4v) is 3.39. The fraction of sp³-hybridized carbons (Fsp3) is 0.688. The molecule has 21 heavy (non-hydrogen) atoms. The standard InChI is InChI=1S/C16H23N3O2/c1-21-16(20)13-9-14(18-10-17-13)19-15(12-7-8-12)11-5-3-2-4-6-11/h9-12,15H,2-8H2,1H3,(H,17,18,19). The Morgan fingerprint density at radius 3 is 2.57 bits per heavy atom. The number of hydrogen-bond donors (Lipinski definition) is 1. The van der Waals surface area contributed by atoms with Crippen molar-refractivity contribution < 1.29 is 9.53 Å². The molecule has 0 bridgehead atoms. The highest BCUT2D eigenvalue weighted by molar-refractivity contribution is 5.87. The van der Waals surface area contributed by atoms with Gasteiger partial charge in [-0.25, -0.2) is 14.8 Å². The predicted molar refractivity (Wildman–Crippen MR) is 80.1 cm³/mol. The van der Waals surface area contributed by atoms with Gasteiger partial charge in [-0.15, -0.1) is 0 Å². The summed E-state index contributed by atoms with van der Waals surface area (Å²) in [4.78, 5) is 19.8.